The molecule has 9 rings (SSSR count). The Bertz CT molecular complexity index is 1920. The second-order valence-corrected chi connectivity index (χ2v) is 12.4. The van der Waals surface area contributed by atoms with Gasteiger partial charge >= 0.3 is 6.01 Å². The van der Waals surface area contributed by atoms with Crippen molar-refractivity contribution in [2.24, 2.45) is 0 Å². The number of piperidine rings is 2. The number of piperazine rings is 1. The number of ether oxygens (including phenoxy) is 1. The molecule has 11 heteroatoms. The second kappa shape index (κ2) is 10.4. The van der Waals surface area contributed by atoms with Crippen LogP contribution in [0.1, 0.15) is 48.7 Å². The van der Waals surface area contributed by atoms with Gasteiger partial charge in [0.2, 0.25) is 0 Å². The zero-order valence-electron chi connectivity index (χ0n) is 27.3. The molecule has 5 saturated heterocycles. The fourth-order valence-electron chi connectivity index (χ4n) is 7.61. The van der Waals surface area contributed by atoms with E-state index in [2.05, 4.69) is 20.2 Å². The van der Waals surface area contributed by atoms with Crippen LogP contribution >= 0.6 is 0 Å². The van der Waals surface area contributed by atoms with E-state index < -0.39 is 29.8 Å². The number of aromatic nitrogens is 3. The summed E-state index contributed by atoms with van der Waals surface area (Å²) >= 11 is 0. The number of anilines is 1. The van der Waals surface area contributed by atoms with Gasteiger partial charge in [-0.25, -0.2) is 13.2 Å². The third-order valence-electron chi connectivity index (χ3n) is 9.81. The first-order valence-electron chi connectivity index (χ1n) is 16.8. The van der Waals surface area contributed by atoms with Gasteiger partial charge in [-0.05, 0) is 73.1 Å². The summed E-state index contributed by atoms with van der Waals surface area (Å²) in [4.78, 5) is 17.3. The Kier molecular flexibility index (Phi) is 5.84. The molecule has 44 heavy (non-hydrogen) atoms. The smallest absolute Gasteiger partial charge is 0.319 e. The maximum atomic E-state index is 16.9. The predicted molar refractivity (Wildman–Crippen MR) is 162 cm³/mol. The van der Waals surface area contributed by atoms with Crippen LogP contribution in [0, 0.1) is 11.6 Å². The van der Waals surface area contributed by atoms with Crippen LogP contribution in [0.25, 0.3) is 32.9 Å². The number of rotatable bonds is 6. The first-order valence-corrected chi connectivity index (χ1v) is 15.3. The van der Waals surface area contributed by atoms with Crippen molar-refractivity contribution < 1.29 is 27.1 Å². The largest absolute Gasteiger partial charge is 0.508 e. The number of fused-ring (bicyclic) bond motifs is 6. The van der Waals surface area contributed by atoms with Gasteiger partial charge in [0.25, 0.3) is 0 Å². The molecule has 4 atom stereocenters. The van der Waals surface area contributed by atoms with Gasteiger partial charge < -0.3 is 20.1 Å². The predicted octanol–water partition coefficient (Wildman–Crippen LogP) is 5.29. The SMILES string of the molecule is [2H]C1([2H])CC[C@]2(COc3nc(N4CC5CCC4CN5)c4cnc(-c5cc(O)cc6ccc(F)c(CC)c56)c(F)c4n3)C[C@]([2H])(F)CN12. The summed E-state index contributed by atoms with van der Waals surface area (Å²) < 4.78 is 77.9. The molecule has 2 unspecified atom stereocenters. The number of hydrogen-bond acceptors (Lipinski definition) is 8. The summed E-state index contributed by atoms with van der Waals surface area (Å²) in [6.07, 6.45) is 1.65. The van der Waals surface area contributed by atoms with Crippen LogP contribution in [0.3, 0.4) is 0 Å². The number of hydrogen-bond donors (Lipinski definition) is 2. The van der Waals surface area contributed by atoms with E-state index in [1.807, 2.05) is 0 Å². The lowest BCUT2D eigenvalue weighted by Gasteiger charge is -2.46. The van der Waals surface area contributed by atoms with Crippen LogP contribution < -0.4 is 15.0 Å². The molecule has 5 aliphatic rings. The highest BCUT2D eigenvalue weighted by atomic mass is 19.1. The molecule has 2 N–H and O–H groups in total. The lowest BCUT2D eigenvalue weighted by Crippen LogP contribution is -2.61. The van der Waals surface area contributed by atoms with Crippen molar-refractivity contribution in [1.82, 2.24) is 25.2 Å². The number of aromatic hydroxyl groups is 1. The molecule has 5 aliphatic heterocycles. The van der Waals surface area contributed by atoms with E-state index in [1.165, 1.54) is 35.4 Å². The number of pyridine rings is 1. The number of phenolic OH excluding ortho intramolecular Hbond substituents is 1. The fraction of sp³-hybridized carbons (Fsp3) is 0.485. The number of halogens is 3. The molecule has 4 aromatic rings. The standard InChI is InChI=1S/C33H35F3N6O2/c1-2-23-26(35)7-4-18-10-22(43)11-24(27(18)23)29-28(36)30-25(14-38-29)31(42-16-20-5-6-21(42)13-37-20)40-32(39-30)44-17-33-8-3-9-41(33)15-19(34)12-33/h4,7,10-11,14,19-21,37,43H,2-3,5-6,8-9,12-13,15-17H2,1H3/t19-,20?,21?,33+/m0/s1/i9D2,19D. The first-order chi connectivity index (χ1) is 22.4. The Morgan fingerprint density at radius 1 is 1.23 bits per heavy atom. The first kappa shape index (κ1) is 24.6. The van der Waals surface area contributed by atoms with Crippen molar-refractivity contribution in [3.63, 3.8) is 0 Å². The van der Waals surface area contributed by atoms with Crippen LogP contribution in [0.5, 0.6) is 11.8 Å². The van der Waals surface area contributed by atoms with Gasteiger partial charge in [-0.2, -0.15) is 9.97 Å². The van der Waals surface area contributed by atoms with E-state index in [-0.39, 0.29) is 73.0 Å². The van der Waals surface area contributed by atoms with Crippen LogP contribution in [0.15, 0.2) is 30.5 Å². The lowest BCUT2D eigenvalue weighted by molar-refractivity contribution is 0.107. The van der Waals surface area contributed by atoms with Gasteiger partial charge in [-0.15, -0.1) is 0 Å². The number of alkyl halides is 1. The molecule has 2 aromatic heterocycles. The third-order valence-corrected chi connectivity index (χ3v) is 9.81. The quantitative estimate of drug-likeness (QED) is 0.306. The molecular weight excluding hydrogens is 569 g/mol. The molecule has 2 bridgehead atoms. The average molecular weight is 608 g/mol. The molecule has 0 aliphatic carbocycles. The second-order valence-electron chi connectivity index (χ2n) is 12.4. The molecule has 0 saturated carbocycles. The summed E-state index contributed by atoms with van der Waals surface area (Å²) in [6.45, 7) is 0.830. The molecule has 7 heterocycles. The van der Waals surface area contributed by atoms with Crippen molar-refractivity contribution in [2.45, 2.75) is 69.2 Å². The van der Waals surface area contributed by atoms with Crippen LogP contribution in [-0.4, -0.2) is 81.5 Å². The van der Waals surface area contributed by atoms with Gasteiger partial charge in [-0.3, -0.25) is 9.88 Å². The zero-order chi connectivity index (χ0) is 32.9. The molecule has 0 radical (unpaired) electrons. The Morgan fingerprint density at radius 2 is 2.11 bits per heavy atom. The van der Waals surface area contributed by atoms with Gasteiger partial charge in [-0.1, -0.05) is 13.0 Å². The summed E-state index contributed by atoms with van der Waals surface area (Å²) in [6, 6.07) is 5.92. The lowest BCUT2D eigenvalue weighted by atomic mass is 9.92. The number of phenols is 1. The third kappa shape index (κ3) is 4.38. The summed E-state index contributed by atoms with van der Waals surface area (Å²) in [5.74, 6) is -0.907. The van der Waals surface area contributed by atoms with Crippen molar-refractivity contribution in [3.05, 3.63) is 47.7 Å². The van der Waals surface area contributed by atoms with Crippen LogP contribution in [0.2, 0.25) is 0 Å². The number of benzene rings is 2. The van der Waals surface area contributed by atoms with Gasteiger partial charge in [0.15, 0.2) is 5.82 Å². The molecule has 8 nitrogen and oxygen atoms in total. The van der Waals surface area contributed by atoms with E-state index >= 15 is 4.39 Å². The molecule has 2 aromatic carbocycles. The van der Waals surface area contributed by atoms with E-state index in [0.717, 1.165) is 19.4 Å². The maximum Gasteiger partial charge on any atom is 0.319 e. The number of nitrogens with zero attached hydrogens (tertiary/aromatic N) is 5. The Morgan fingerprint density at radius 3 is 2.89 bits per heavy atom. The zero-order valence-corrected chi connectivity index (χ0v) is 24.3. The minimum atomic E-state index is -2.33. The van der Waals surface area contributed by atoms with E-state index in [0.29, 0.717) is 40.5 Å². The molecular formula is C33H35F3N6O2. The van der Waals surface area contributed by atoms with E-state index in [4.69, 9.17) is 13.8 Å². The van der Waals surface area contributed by atoms with Crippen LogP contribution in [-0.2, 0) is 6.42 Å². The topological polar surface area (TPSA) is 86.6 Å². The molecule has 5 fully saturated rings. The minimum absolute atomic E-state index is 0.0711. The summed E-state index contributed by atoms with van der Waals surface area (Å²) in [5.41, 5.74) is -0.660. The van der Waals surface area contributed by atoms with Crippen LogP contribution in [0.4, 0.5) is 19.0 Å². The summed E-state index contributed by atoms with van der Waals surface area (Å²) in [7, 11) is 0. The minimum Gasteiger partial charge on any atom is -0.508 e. The van der Waals surface area contributed by atoms with Crippen molar-refractivity contribution >= 4 is 27.5 Å². The summed E-state index contributed by atoms with van der Waals surface area (Å²) in [5, 5.41) is 15.4. The monoisotopic (exact) mass is 607 g/mol. The molecule has 0 spiro atoms. The van der Waals surface area contributed by atoms with Gasteiger partial charge in [0, 0.05) is 52.6 Å². The Balaban J connectivity index is 1.27. The number of nitrogens with one attached hydrogen (secondary N) is 1. The van der Waals surface area contributed by atoms with Gasteiger partial charge in [0.1, 0.15) is 41.3 Å². The normalized spacial score (nSPS) is 30.5. The average Bonchev–Trinajstić information content (AvgIpc) is 3.47. The highest BCUT2D eigenvalue weighted by Gasteiger charge is 2.49. The van der Waals surface area contributed by atoms with Gasteiger partial charge in [0.05, 0.1) is 12.3 Å². The van der Waals surface area contributed by atoms with Crippen molar-refractivity contribution in [1.29, 1.82) is 0 Å². The molecule has 0 amide bonds. The number of aryl methyl sites for hydroxylation is 1. The highest BCUT2D eigenvalue weighted by Crippen LogP contribution is 2.42. The highest BCUT2D eigenvalue weighted by molar-refractivity contribution is 6.01. The molecule has 230 valence electrons. The Hall–Kier alpha value is -3.70. The fourth-order valence-corrected chi connectivity index (χ4v) is 7.61. The maximum absolute atomic E-state index is 16.9. The van der Waals surface area contributed by atoms with E-state index in [1.54, 1.807) is 6.92 Å². The van der Waals surface area contributed by atoms with E-state index in [9.17, 15) is 13.9 Å². The van der Waals surface area contributed by atoms with Crippen molar-refractivity contribution in [3.8, 4) is 23.0 Å². The van der Waals surface area contributed by atoms with Crippen molar-refractivity contribution in [2.75, 3.05) is 37.6 Å². The Labute approximate surface area is 257 Å².